The van der Waals surface area contributed by atoms with Crippen LogP contribution in [0.5, 0.6) is 17.2 Å². The first-order valence-corrected chi connectivity index (χ1v) is 12.6. The van der Waals surface area contributed by atoms with E-state index in [2.05, 4.69) is 15.6 Å². The Labute approximate surface area is 226 Å². The fourth-order valence-electron chi connectivity index (χ4n) is 4.53. The Morgan fingerprint density at radius 3 is 2.64 bits per heavy atom. The molecule has 0 unspecified atom stereocenters. The molecule has 1 aromatic heterocycles. The Hall–Kier alpha value is -4.60. The lowest BCUT2D eigenvalue weighted by Crippen LogP contribution is -2.49. The van der Waals surface area contributed by atoms with E-state index in [9.17, 15) is 9.59 Å². The Balaban J connectivity index is 1.57. The van der Waals surface area contributed by atoms with Crippen molar-refractivity contribution in [2.75, 3.05) is 13.9 Å². The second-order valence-electron chi connectivity index (χ2n) is 10.4. The first kappa shape index (κ1) is 26.0. The summed E-state index contributed by atoms with van der Waals surface area (Å²) in [7, 11) is 1.56. The van der Waals surface area contributed by atoms with Crippen LogP contribution in [0.2, 0.25) is 0 Å². The number of hydrogen-bond acceptors (Lipinski definition) is 7. The monoisotopic (exact) mass is 529 g/mol. The molecule has 0 saturated heterocycles. The number of nitrogens with one attached hydrogen (secondary N) is 1. The smallest absolute Gasteiger partial charge is 0.247 e. The number of hydrogen-bond donors (Lipinski definition) is 1. The zero-order valence-corrected chi connectivity index (χ0v) is 22.4. The maximum absolute atomic E-state index is 14.1. The highest BCUT2D eigenvalue weighted by atomic mass is 16.7. The lowest BCUT2D eigenvalue weighted by atomic mass is 10.00. The van der Waals surface area contributed by atoms with Crippen LogP contribution in [-0.2, 0) is 22.7 Å². The van der Waals surface area contributed by atoms with Gasteiger partial charge in [-0.2, -0.15) is 0 Å². The van der Waals surface area contributed by atoms with E-state index < -0.39 is 11.6 Å². The molecule has 0 saturated carbocycles. The molecule has 10 heteroatoms. The van der Waals surface area contributed by atoms with Gasteiger partial charge in [0.05, 0.1) is 12.6 Å². The van der Waals surface area contributed by atoms with Crippen LogP contribution >= 0.6 is 0 Å². The molecule has 1 N–H and O–H groups in total. The third-order valence-electron chi connectivity index (χ3n) is 6.28. The molecule has 3 aromatic carbocycles. The van der Waals surface area contributed by atoms with E-state index in [-0.39, 0.29) is 31.7 Å². The number of fused-ring (bicyclic) bond motifs is 2. The average Bonchev–Trinajstić information content (AvgIpc) is 3.54. The molecule has 0 bridgehead atoms. The molecule has 2 amide bonds. The van der Waals surface area contributed by atoms with Gasteiger partial charge in [0.1, 0.15) is 23.9 Å². The molecule has 0 spiro atoms. The number of nitrogens with zero attached hydrogens (tertiary/aromatic N) is 4. The van der Waals surface area contributed by atoms with Gasteiger partial charge >= 0.3 is 0 Å². The molecular weight excluding hydrogens is 498 g/mol. The summed E-state index contributed by atoms with van der Waals surface area (Å²) in [6.07, 6.45) is 0. The summed E-state index contributed by atoms with van der Waals surface area (Å²) in [4.78, 5) is 29.5. The molecule has 1 aliphatic rings. The Morgan fingerprint density at radius 1 is 1.05 bits per heavy atom. The van der Waals surface area contributed by atoms with E-state index in [1.54, 1.807) is 41.0 Å². The third-order valence-corrected chi connectivity index (χ3v) is 6.28. The Kier molecular flexibility index (Phi) is 7.10. The number of carbonyl (C=O) groups excluding carboxylic acids is 2. The zero-order valence-electron chi connectivity index (χ0n) is 22.4. The zero-order chi connectivity index (χ0) is 27.6. The molecule has 0 aliphatic carbocycles. The normalized spacial score (nSPS) is 13.2. The lowest BCUT2D eigenvalue weighted by molar-refractivity contribution is -0.142. The molecule has 202 valence electrons. The predicted molar refractivity (Wildman–Crippen MR) is 144 cm³/mol. The minimum atomic E-state index is -0.952. The average molecular weight is 530 g/mol. The second-order valence-corrected chi connectivity index (χ2v) is 10.4. The second kappa shape index (κ2) is 10.6. The van der Waals surface area contributed by atoms with E-state index in [4.69, 9.17) is 14.2 Å². The summed E-state index contributed by atoms with van der Waals surface area (Å²) < 4.78 is 18.0. The number of carbonyl (C=O) groups is 2. The number of ether oxygens (including phenoxy) is 3. The van der Waals surface area contributed by atoms with Crippen molar-refractivity contribution in [3.63, 3.8) is 0 Å². The van der Waals surface area contributed by atoms with E-state index in [0.717, 1.165) is 11.1 Å². The van der Waals surface area contributed by atoms with Crippen molar-refractivity contribution in [1.82, 2.24) is 25.2 Å². The molecule has 39 heavy (non-hydrogen) atoms. The number of methoxy groups -OCH3 is 1. The van der Waals surface area contributed by atoms with Gasteiger partial charge in [0.25, 0.3) is 0 Å². The van der Waals surface area contributed by atoms with E-state index in [1.807, 2.05) is 63.2 Å². The van der Waals surface area contributed by atoms with Crippen molar-refractivity contribution < 1.29 is 23.8 Å². The first-order chi connectivity index (χ1) is 18.7. The fraction of sp³-hybridized carbons (Fsp3) is 0.310. The molecule has 5 rings (SSSR count). The summed E-state index contributed by atoms with van der Waals surface area (Å²) in [5, 5.41) is 11.4. The summed E-state index contributed by atoms with van der Waals surface area (Å²) in [6, 6.07) is 19.2. The van der Waals surface area contributed by atoms with Crippen LogP contribution in [0.1, 0.15) is 37.9 Å². The molecule has 1 atom stereocenters. The quantitative estimate of drug-likeness (QED) is 0.369. The maximum Gasteiger partial charge on any atom is 0.247 e. The van der Waals surface area contributed by atoms with Gasteiger partial charge in [-0.15, -0.1) is 5.10 Å². The molecule has 4 aromatic rings. The van der Waals surface area contributed by atoms with Crippen LogP contribution in [-0.4, -0.2) is 51.1 Å². The van der Waals surface area contributed by atoms with Gasteiger partial charge in [-0.1, -0.05) is 35.5 Å². The molecular formula is C29H31N5O5. The molecule has 0 radical (unpaired) electrons. The van der Waals surface area contributed by atoms with Crippen molar-refractivity contribution in [2.45, 2.75) is 45.4 Å². The van der Waals surface area contributed by atoms with Gasteiger partial charge in [-0.3, -0.25) is 9.59 Å². The van der Waals surface area contributed by atoms with Crippen LogP contribution in [0.15, 0.2) is 66.7 Å². The minimum Gasteiger partial charge on any atom is -0.497 e. The standard InChI is InChI=1S/C29H31N5O5/c1-29(2,3)30-28(36)27(20-8-7-9-21(15-20)37-4)33(16-19-12-13-24-25(14-19)39-18-38-24)26(35)17-34-23-11-6-5-10-22(23)31-32-34/h5-15,27H,16-18H2,1-4H3,(H,30,36)/t27-/m0/s1. The van der Waals surface area contributed by atoms with Crippen LogP contribution in [0.3, 0.4) is 0 Å². The molecule has 1 aliphatic heterocycles. The summed E-state index contributed by atoms with van der Waals surface area (Å²) in [5.74, 6) is 1.20. The highest BCUT2D eigenvalue weighted by Crippen LogP contribution is 2.34. The van der Waals surface area contributed by atoms with Crippen LogP contribution in [0.25, 0.3) is 11.0 Å². The third kappa shape index (κ3) is 5.79. The molecule has 2 heterocycles. The maximum atomic E-state index is 14.1. The SMILES string of the molecule is COc1cccc([C@@H](C(=O)NC(C)(C)C)N(Cc2ccc3c(c2)OCO3)C(=O)Cn2nnc3ccccc32)c1. The van der Waals surface area contributed by atoms with Crippen molar-refractivity contribution >= 4 is 22.8 Å². The number of rotatable bonds is 8. The lowest BCUT2D eigenvalue weighted by Gasteiger charge is -2.34. The van der Waals surface area contributed by atoms with Gasteiger partial charge in [-0.05, 0) is 68.3 Å². The first-order valence-electron chi connectivity index (χ1n) is 12.6. The van der Waals surface area contributed by atoms with Crippen molar-refractivity contribution in [2.24, 2.45) is 0 Å². The van der Waals surface area contributed by atoms with Crippen molar-refractivity contribution in [3.8, 4) is 17.2 Å². The Bertz CT molecular complexity index is 1510. The number of amides is 2. The Morgan fingerprint density at radius 2 is 1.85 bits per heavy atom. The highest BCUT2D eigenvalue weighted by Gasteiger charge is 2.34. The van der Waals surface area contributed by atoms with E-state index in [1.165, 1.54) is 0 Å². The highest BCUT2D eigenvalue weighted by molar-refractivity contribution is 5.89. The van der Waals surface area contributed by atoms with Crippen LogP contribution in [0.4, 0.5) is 0 Å². The van der Waals surface area contributed by atoms with Gasteiger partial charge in [-0.25, -0.2) is 4.68 Å². The van der Waals surface area contributed by atoms with Crippen molar-refractivity contribution in [1.29, 1.82) is 0 Å². The summed E-state index contributed by atoms with van der Waals surface area (Å²) in [5.41, 5.74) is 2.29. The minimum absolute atomic E-state index is 0.103. The molecule has 10 nitrogen and oxygen atoms in total. The van der Waals surface area contributed by atoms with E-state index >= 15 is 0 Å². The van der Waals surface area contributed by atoms with Gasteiger partial charge < -0.3 is 24.4 Å². The topological polar surface area (TPSA) is 108 Å². The van der Waals surface area contributed by atoms with Crippen LogP contribution in [0, 0.1) is 0 Å². The summed E-state index contributed by atoms with van der Waals surface area (Å²) >= 11 is 0. The number of aromatic nitrogens is 3. The van der Waals surface area contributed by atoms with Gasteiger partial charge in [0.2, 0.25) is 18.6 Å². The van der Waals surface area contributed by atoms with Gasteiger partial charge in [0.15, 0.2) is 11.5 Å². The van der Waals surface area contributed by atoms with E-state index in [0.29, 0.717) is 28.3 Å². The molecule has 0 fully saturated rings. The fourth-order valence-corrected chi connectivity index (χ4v) is 4.53. The van der Waals surface area contributed by atoms with Crippen LogP contribution < -0.4 is 19.5 Å². The number of benzene rings is 3. The summed E-state index contributed by atoms with van der Waals surface area (Å²) in [6.45, 7) is 5.88. The largest absolute Gasteiger partial charge is 0.497 e. The van der Waals surface area contributed by atoms with Gasteiger partial charge in [0, 0.05) is 12.1 Å². The number of para-hydroxylation sites is 1. The van der Waals surface area contributed by atoms with Crippen molar-refractivity contribution in [3.05, 3.63) is 77.9 Å². The predicted octanol–water partition coefficient (Wildman–Crippen LogP) is 3.85.